The van der Waals surface area contributed by atoms with Gasteiger partial charge in [-0.1, -0.05) is 18.5 Å². The van der Waals surface area contributed by atoms with Gasteiger partial charge in [0.2, 0.25) is 0 Å². The van der Waals surface area contributed by atoms with Gasteiger partial charge in [0.15, 0.2) is 0 Å². The number of anilines is 1. The first-order chi connectivity index (χ1) is 7.35. The molecule has 0 atom stereocenters. The van der Waals surface area contributed by atoms with E-state index in [1.165, 1.54) is 6.07 Å². The molecular formula is C9H13ClN2O3S. The molecule has 1 aromatic carbocycles. The standard InChI is InChI=1S/C9H13ClN2O3S/c1-3-11-16(14,15)12-8-5-7(10)4-6(2)9(8)13/h4-5,11-13H,3H2,1-2H3. The number of rotatable bonds is 4. The molecule has 7 heteroatoms. The number of hydrogen-bond donors (Lipinski definition) is 3. The van der Waals surface area contributed by atoms with Crippen molar-refractivity contribution in [3.8, 4) is 5.75 Å². The van der Waals surface area contributed by atoms with Crippen LogP contribution in [0.5, 0.6) is 5.75 Å². The molecule has 0 saturated carbocycles. The summed E-state index contributed by atoms with van der Waals surface area (Å²) in [7, 11) is -3.66. The predicted molar refractivity (Wildman–Crippen MR) is 64.1 cm³/mol. The highest BCUT2D eigenvalue weighted by Gasteiger charge is 2.13. The van der Waals surface area contributed by atoms with Gasteiger partial charge in [0.25, 0.3) is 10.2 Å². The fourth-order valence-corrected chi connectivity index (χ4v) is 2.35. The van der Waals surface area contributed by atoms with Gasteiger partial charge in [-0.05, 0) is 24.6 Å². The first-order valence-corrected chi connectivity index (χ1v) is 6.48. The Balaban J connectivity index is 3.07. The number of phenolic OH excluding ortho intramolecular Hbond substituents is 1. The van der Waals surface area contributed by atoms with Crippen LogP contribution in [0.25, 0.3) is 0 Å². The lowest BCUT2D eigenvalue weighted by atomic mass is 10.2. The van der Waals surface area contributed by atoms with E-state index in [1.54, 1.807) is 19.9 Å². The van der Waals surface area contributed by atoms with Gasteiger partial charge in [-0.15, -0.1) is 0 Å². The minimum atomic E-state index is -3.66. The second kappa shape index (κ2) is 4.90. The van der Waals surface area contributed by atoms with Crippen molar-refractivity contribution in [2.45, 2.75) is 13.8 Å². The summed E-state index contributed by atoms with van der Waals surface area (Å²) in [5.41, 5.74) is 0.563. The van der Waals surface area contributed by atoms with Gasteiger partial charge in [0.1, 0.15) is 5.75 Å². The van der Waals surface area contributed by atoms with Crippen LogP contribution in [0.15, 0.2) is 12.1 Å². The fourth-order valence-electron chi connectivity index (χ4n) is 1.18. The number of aryl methyl sites for hydroxylation is 1. The molecule has 0 aliphatic rings. The van der Waals surface area contributed by atoms with E-state index in [2.05, 4.69) is 9.44 Å². The van der Waals surface area contributed by atoms with Crippen LogP contribution in [-0.4, -0.2) is 20.1 Å². The lowest BCUT2D eigenvalue weighted by molar-refractivity contribution is 0.473. The highest BCUT2D eigenvalue weighted by atomic mass is 35.5. The molecule has 3 N–H and O–H groups in total. The zero-order valence-corrected chi connectivity index (χ0v) is 10.5. The number of halogens is 1. The summed E-state index contributed by atoms with van der Waals surface area (Å²) < 4.78 is 27.2. The molecule has 0 spiro atoms. The van der Waals surface area contributed by atoms with Crippen molar-refractivity contribution in [2.24, 2.45) is 0 Å². The van der Waals surface area contributed by atoms with Gasteiger partial charge >= 0.3 is 0 Å². The molecule has 90 valence electrons. The van der Waals surface area contributed by atoms with Gasteiger partial charge in [-0.3, -0.25) is 4.72 Å². The molecule has 5 nitrogen and oxygen atoms in total. The van der Waals surface area contributed by atoms with E-state index in [1.807, 2.05) is 0 Å². The van der Waals surface area contributed by atoms with E-state index in [0.29, 0.717) is 10.6 Å². The lowest BCUT2D eigenvalue weighted by Gasteiger charge is -2.11. The molecule has 0 fully saturated rings. The minimum absolute atomic E-state index is 0.0611. The average Bonchev–Trinajstić information content (AvgIpc) is 2.12. The quantitative estimate of drug-likeness (QED) is 0.723. The van der Waals surface area contributed by atoms with Crippen LogP contribution in [0, 0.1) is 6.92 Å². The number of hydrogen-bond acceptors (Lipinski definition) is 3. The Hall–Kier alpha value is -0.980. The maximum absolute atomic E-state index is 11.4. The smallest absolute Gasteiger partial charge is 0.299 e. The summed E-state index contributed by atoms with van der Waals surface area (Å²) in [6.45, 7) is 3.55. The summed E-state index contributed by atoms with van der Waals surface area (Å²) in [5.74, 6) is -0.133. The summed E-state index contributed by atoms with van der Waals surface area (Å²) >= 11 is 5.76. The van der Waals surface area contributed by atoms with E-state index >= 15 is 0 Å². The highest BCUT2D eigenvalue weighted by molar-refractivity contribution is 7.90. The predicted octanol–water partition coefficient (Wildman–Crippen LogP) is 1.62. The molecule has 0 radical (unpaired) electrons. The van der Waals surface area contributed by atoms with E-state index in [0.717, 1.165) is 0 Å². The number of benzene rings is 1. The lowest BCUT2D eigenvalue weighted by Crippen LogP contribution is -2.29. The highest BCUT2D eigenvalue weighted by Crippen LogP contribution is 2.31. The van der Waals surface area contributed by atoms with Crippen LogP contribution in [0.3, 0.4) is 0 Å². The Morgan fingerprint density at radius 1 is 1.44 bits per heavy atom. The largest absolute Gasteiger partial charge is 0.505 e. The van der Waals surface area contributed by atoms with E-state index in [9.17, 15) is 13.5 Å². The Bertz CT molecular complexity index is 488. The molecule has 0 aliphatic heterocycles. The van der Waals surface area contributed by atoms with E-state index < -0.39 is 10.2 Å². The first kappa shape index (κ1) is 13.1. The third-order valence-corrected chi connectivity index (χ3v) is 3.22. The topological polar surface area (TPSA) is 78.4 Å². The molecule has 0 unspecified atom stereocenters. The Morgan fingerprint density at radius 2 is 2.06 bits per heavy atom. The Kier molecular flexibility index (Phi) is 4.01. The molecule has 0 heterocycles. The van der Waals surface area contributed by atoms with Crippen LogP contribution >= 0.6 is 11.6 Å². The molecule has 0 bridgehead atoms. The summed E-state index contributed by atoms with van der Waals surface area (Å²) in [5, 5.41) is 9.99. The maximum atomic E-state index is 11.4. The van der Waals surface area contributed by atoms with Crippen molar-refractivity contribution in [1.29, 1.82) is 0 Å². The maximum Gasteiger partial charge on any atom is 0.299 e. The van der Waals surface area contributed by atoms with Crippen molar-refractivity contribution >= 4 is 27.5 Å². The molecule has 16 heavy (non-hydrogen) atoms. The van der Waals surface area contributed by atoms with E-state index in [-0.39, 0.29) is 18.0 Å². The van der Waals surface area contributed by atoms with Gasteiger partial charge < -0.3 is 5.11 Å². The van der Waals surface area contributed by atoms with Crippen molar-refractivity contribution in [3.63, 3.8) is 0 Å². The summed E-state index contributed by atoms with van der Waals surface area (Å²) in [4.78, 5) is 0. The van der Waals surface area contributed by atoms with Crippen LogP contribution in [0.4, 0.5) is 5.69 Å². The third kappa shape index (κ3) is 3.26. The molecule has 0 amide bonds. The van der Waals surface area contributed by atoms with Crippen LogP contribution in [-0.2, 0) is 10.2 Å². The summed E-state index contributed by atoms with van der Waals surface area (Å²) in [6.07, 6.45) is 0. The average molecular weight is 265 g/mol. The van der Waals surface area contributed by atoms with Crippen molar-refractivity contribution < 1.29 is 13.5 Å². The number of phenols is 1. The van der Waals surface area contributed by atoms with E-state index in [4.69, 9.17) is 11.6 Å². The Morgan fingerprint density at radius 3 is 2.62 bits per heavy atom. The molecule has 0 aromatic heterocycles. The van der Waals surface area contributed by atoms with Crippen molar-refractivity contribution in [2.75, 3.05) is 11.3 Å². The van der Waals surface area contributed by atoms with Gasteiger partial charge in [0.05, 0.1) is 5.69 Å². The van der Waals surface area contributed by atoms with Gasteiger partial charge in [-0.2, -0.15) is 13.1 Å². The molecule has 0 aliphatic carbocycles. The van der Waals surface area contributed by atoms with Crippen LogP contribution in [0.1, 0.15) is 12.5 Å². The van der Waals surface area contributed by atoms with Crippen LogP contribution < -0.4 is 9.44 Å². The van der Waals surface area contributed by atoms with Gasteiger partial charge in [0, 0.05) is 11.6 Å². The van der Waals surface area contributed by atoms with Crippen molar-refractivity contribution in [3.05, 3.63) is 22.7 Å². The van der Waals surface area contributed by atoms with Crippen LogP contribution in [0.2, 0.25) is 5.02 Å². The monoisotopic (exact) mass is 264 g/mol. The molecule has 1 rings (SSSR count). The first-order valence-electron chi connectivity index (χ1n) is 4.62. The molecule has 1 aromatic rings. The fraction of sp³-hybridized carbons (Fsp3) is 0.333. The van der Waals surface area contributed by atoms with Gasteiger partial charge in [-0.25, -0.2) is 0 Å². The normalized spacial score (nSPS) is 11.4. The molecular weight excluding hydrogens is 252 g/mol. The second-order valence-corrected chi connectivity index (χ2v) is 5.16. The molecule has 0 saturated heterocycles. The second-order valence-electron chi connectivity index (χ2n) is 3.22. The number of nitrogens with one attached hydrogen (secondary N) is 2. The summed E-state index contributed by atoms with van der Waals surface area (Å²) in [6, 6.07) is 2.89. The zero-order chi connectivity index (χ0) is 12.3. The third-order valence-electron chi connectivity index (χ3n) is 1.84. The Labute approximate surface area is 99.6 Å². The SMILES string of the molecule is CCNS(=O)(=O)Nc1cc(Cl)cc(C)c1O. The van der Waals surface area contributed by atoms with Crippen molar-refractivity contribution in [1.82, 2.24) is 4.72 Å². The zero-order valence-electron chi connectivity index (χ0n) is 8.91. The minimum Gasteiger partial charge on any atom is -0.505 e. The number of aromatic hydroxyl groups is 1.